The van der Waals surface area contributed by atoms with Crippen molar-refractivity contribution in [3.63, 3.8) is 0 Å². The first-order valence-corrected chi connectivity index (χ1v) is 6.66. The second kappa shape index (κ2) is 4.31. The van der Waals surface area contributed by atoms with Crippen LogP contribution in [-0.2, 0) is 10.0 Å². The first-order chi connectivity index (χ1) is 6.71. The van der Waals surface area contributed by atoms with Gasteiger partial charge in [0.05, 0.1) is 6.26 Å². The molecule has 90 valence electrons. The average Bonchev–Trinajstić information content (AvgIpc) is 1.98. The van der Waals surface area contributed by atoms with Gasteiger partial charge in [0.1, 0.15) is 0 Å². The number of piperidine rings is 1. The highest BCUT2D eigenvalue weighted by Gasteiger charge is 2.43. The molecule has 0 spiro atoms. The van der Waals surface area contributed by atoms with Gasteiger partial charge >= 0.3 is 0 Å². The van der Waals surface area contributed by atoms with Crippen LogP contribution in [0.2, 0.25) is 0 Å². The molecule has 2 unspecified atom stereocenters. The smallest absolute Gasteiger partial charge is 0.254 e. The van der Waals surface area contributed by atoms with Crippen molar-refractivity contribution in [1.29, 1.82) is 0 Å². The average molecular weight is 242 g/mol. The summed E-state index contributed by atoms with van der Waals surface area (Å²) in [5.74, 6) is -3.77. The van der Waals surface area contributed by atoms with Crippen LogP contribution in [0.4, 0.5) is 8.78 Å². The lowest BCUT2D eigenvalue weighted by molar-refractivity contribution is -0.0856. The molecule has 15 heavy (non-hydrogen) atoms. The van der Waals surface area contributed by atoms with Crippen molar-refractivity contribution in [3.05, 3.63) is 0 Å². The maximum Gasteiger partial charge on any atom is 0.254 e. The van der Waals surface area contributed by atoms with Crippen LogP contribution in [0.25, 0.3) is 0 Å². The lowest BCUT2D eigenvalue weighted by Crippen LogP contribution is -2.52. The van der Waals surface area contributed by atoms with Gasteiger partial charge in [-0.2, -0.15) is 0 Å². The third-order valence-corrected chi connectivity index (χ3v) is 3.17. The first-order valence-electron chi connectivity index (χ1n) is 4.76. The first kappa shape index (κ1) is 12.8. The van der Waals surface area contributed by atoms with Crippen molar-refractivity contribution in [2.75, 3.05) is 19.3 Å². The summed E-state index contributed by atoms with van der Waals surface area (Å²) >= 11 is 0. The molecule has 0 saturated carbocycles. The van der Waals surface area contributed by atoms with Gasteiger partial charge in [-0.25, -0.2) is 21.9 Å². The van der Waals surface area contributed by atoms with Gasteiger partial charge in [0.25, 0.3) is 5.92 Å². The van der Waals surface area contributed by atoms with Gasteiger partial charge in [-0.15, -0.1) is 0 Å². The van der Waals surface area contributed by atoms with E-state index in [-0.39, 0.29) is 25.6 Å². The van der Waals surface area contributed by atoms with Crippen LogP contribution in [0.1, 0.15) is 13.3 Å². The zero-order valence-corrected chi connectivity index (χ0v) is 9.57. The van der Waals surface area contributed by atoms with E-state index in [9.17, 15) is 17.2 Å². The molecule has 0 aromatic heterocycles. The van der Waals surface area contributed by atoms with Crippen molar-refractivity contribution < 1.29 is 17.2 Å². The van der Waals surface area contributed by atoms with Crippen molar-refractivity contribution in [2.45, 2.75) is 25.3 Å². The fourth-order valence-electron chi connectivity index (χ4n) is 1.61. The summed E-state index contributed by atoms with van der Waals surface area (Å²) in [7, 11) is -3.40. The highest BCUT2D eigenvalue weighted by molar-refractivity contribution is 7.88. The van der Waals surface area contributed by atoms with Crippen LogP contribution >= 0.6 is 0 Å². The minimum Gasteiger partial charge on any atom is -0.313 e. The molecule has 0 radical (unpaired) electrons. The summed E-state index contributed by atoms with van der Waals surface area (Å²) in [5, 5.41) is 2.91. The van der Waals surface area contributed by atoms with Gasteiger partial charge in [0.2, 0.25) is 10.0 Å². The van der Waals surface area contributed by atoms with E-state index in [2.05, 4.69) is 10.0 Å². The molecule has 2 atom stereocenters. The molecule has 1 heterocycles. The number of alkyl halides is 2. The molecule has 0 aromatic rings. The van der Waals surface area contributed by atoms with Gasteiger partial charge in [0, 0.05) is 31.5 Å². The maximum absolute atomic E-state index is 13.4. The van der Waals surface area contributed by atoms with E-state index >= 15 is 0 Å². The van der Waals surface area contributed by atoms with Gasteiger partial charge in [-0.05, 0) is 6.92 Å². The number of hydrogen-bond donors (Lipinski definition) is 2. The monoisotopic (exact) mass is 242 g/mol. The Balaban J connectivity index is 2.55. The van der Waals surface area contributed by atoms with Crippen molar-refractivity contribution in [1.82, 2.24) is 10.0 Å². The Morgan fingerprint density at radius 2 is 2.13 bits per heavy atom. The zero-order valence-electron chi connectivity index (χ0n) is 8.76. The minimum absolute atomic E-state index is 0.136. The fraction of sp³-hybridized carbons (Fsp3) is 1.00. The number of hydrogen-bond acceptors (Lipinski definition) is 3. The van der Waals surface area contributed by atoms with Crippen LogP contribution in [-0.4, -0.2) is 39.7 Å². The number of rotatable bonds is 3. The largest absolute Gasteiger partial charge is 0.313 e. The quantitative estimate of drug-likeness (QED) is 0.741. The molecular formula is C8H16F2N2O2S. The Morgan fingerprint density at radius 3 is 2.60 bits per heavy atom. The molecule has 1 aliphatic rings. The second-order valence-corrected chi connectivity index (χ2v) is 5.93. The van der Waals surface area contributed by atoms with Crippen LogP contribution in [0.3, 0.4) is 0 Å². The molecular weight excluding hydrogens is 226 g/mol. The van der Waals surface area contributed by atoms with Crippen LogP contribution in [0.15, 0.2) is 0 Å². The van der Waals surface area contributed by atoms with Crippen LogP contribution < -0.4 is 10.0 Å². The van der Waals surface area contributed by atoms with E-state index in [1.165, 1.54) is 0 Å². The number of nitrogens with one attached hydrogen (secondary N) is 2. The molecule has 1 aliphatic heterocycles. The lowest BCUT2D eigenvalue weighted by atomic mass is 9.91. The maximum atomic E-state index is 13.4. The molecule has 7 heteroatoms. The Morgan fingerprint density at radius 1 is 1.53 bits per heavy atom. The molecule has 1 fully saturated rings. The fourth-order valence-corrected chi connectivity index (χ4v) is 2.12. The zero-order chi connectivity index (χ0) is 11.7. The van der Waals surface area contributed by atoms with E-state index in [0.29, 0.717) is 0 Å². The van der Waals surface area contributed by atoms with Crippen LogP contribution in [0, 0.1) is 5.92 Å². The van der Waals surface area contributed by atoms with Crippen molar-refractivity contribution in [2.24, 2.45) is 5.92 Å². The highest BCUT2D eigenvalue weighted by Crippen LogP contribution is 2.32. The Labute approximate surface area is 88.5 Å². The Kier molecular flexibility index (Phi) is 3.67. The van der Waals surface area contributed by atoms with Crippen molar-refractivity contribution >= 4 is 10.0 Å². The van der Waals surface area contributed by atoms with Gasteiger partial charge in [-0.3, -0.25) is 0 Å². The minimum atomic E-state index is -3.40. The summed E-state index contributed by atoms with van der Waals surface area (Å²) < 4.78 is 50.5. The van der Waals surface area contributed by atoms with E-state index in [4.69, 9.17) is 0 Å². The molecule has 1 saturated heterocycles. The van der Waals surface area contributed by atoms with Gasteiger partial charge < -0.3 is 5.32 Å². The number of sulfonamides is 1. The molecule has 0 amide bonds. The van der Waals surface area contributed by atoms with E-state index in [0.717, 1.165) is 6.26 Å². The third-order valence-electron chi connectivity index (χ3n) is 2.48. The molecule has 0 bridgehead atoms. The topological polar surface area (TPSA) is 58.2 Å². The Hall–Kier alpha value is -0.270. The standard InChI is InChI=1S/C8H16F2N2O2S/c1-6-3-8(9,10)7(4-11-6)5-12-15(2,13)14/h6-7,11-12H,3-5H2,1-2H3. The van der Waals surface area contributed by atoms with Crippen molar-refractivity contribution in [3.8, 4) is 0 Å². The molecule has 2 N–H and O–H groups in total. The summed E-state index contributed by atoms with van der Waals surface area (Å²) in [4.78, 5) is 0. The molecule has 1 rings (SSSR count). The van der Waals surface area contributed by atoms with E-state index in [1.54, 1.807) is 6.92 Å². The third kappa shape index (κ3) is 4.00. The normalized spacial score (nSPS) is 31.5. The van der Waals surface area contributed by atoms with E-state index in [1.807, 2.05) is 0 Å². The molecule has 0 aliphatic carbocycles. The van der Waals surface area contributed by atoms with E-state index < -0.39 is 21.9 Å². The predicted molar refractivity (Wildman–Crippen MR) is 53.4 cm³/mol. The summed E-state index contributed by atoms with van der Waals surface area (Å²) in [6.45, 7) is 1.61. The summed E-state index contributed by atoms with van der Waals surface area (Å²) in [6.07, 6.45) is 0.715. The molecule has 0 aromatic carbocycles. The lowest BCUT2D eigenvalue weighted by Gasteiger charge is -2.35. The van der Waals surface area contributed by atoms with Gasteiger partial charge in [0.15, 0.2) is 0 Å². The second-order valence-electron chi connectivity index (χ2n) is 4.09. The predicted octanol–water partition coefficient (Wildman–Crippen LogP) is 0.169. The summed E-state index contributed by atoms with van der Waals surface area (Å²) in [6, 6.07) is -0.227. The Bertz CT molecular complexity index is 319. The van der Waals surface area contributed by atoms with Crippen LogP contribution in [0.5, 0.6) is 0 Å². The highest BCUT2D eigenvalue weighted by atomic mass is 32.2. The number of halogens is 2. The molecule has 4 nitrogen and oxygen atoms in total. The SMILES string of the molecule is CC1CC(F)(F)C(CNS(C)(=O)=O)CN1. The van der Waals surface area contributed by atoms with Gasteiger partial charge in [-0.1, -0.05) is 0 Å². The summed E-state index contributed by atoms with van der Waals surface area (Å²) in [5.41, 5.74) is 0.